The van der Waals surface area contributed by atoms with Gasteiger partial charge in [-0.2, -0.15) is 0 Å². The first-order chi connectivity index (χ1) is 6.36. The van der Waals surface area contributed by atoms with Gasteiger partial charge in [0.2, 0.25) is 0 Å². The highest BCUT2D eigenvalue weighted by Gasteiger charge is 2.46. The van der Waals surface area contributed by atoms with Gasteiger partial charge in [-0.25, -0.2) is 0 Å². The van der Waals surface area contributed by atoms with Crippen LogP contribution in [0.5, 0.6) is 0 Å². The van der Waals surface area contributed by atoms with Crippen molar-refractivity contribution in [1.29, 1.82) is 0 Å². The van der Waals surface area contributed by atoms with E-state index in [-0.39, 0.29) is 6.10 Å². The number of hydrogen-bond donors (Lipinski definition) is 1. The highest BCUT2D eigenvalue weighted by atomic mass is 16.5. The first-order valence-electron chi connectivity index (χ1n) is 5.39. The van der Waals surface area contributed by atoms with E-state index in [1.54, 1.807) is 0 Å². The van der Waals surface area contributed by atoms with Crippen LogP contribution in [0.25, 0.3) is 0 Å². The molecule has 0 aromatic heterocycles. The minimum Gasteiger partial charge on any atom is -0.389 e. The maximum atomic E-state index is 9.75. The number of nitrogens with zero attached hydrogens (tertiary/aromatic N) is 1. The van der Waals surface area contributed by atoms with E-state index in [9.17, 15) is 5.11 Å². The Morgan fingerprint density at radius 2 is 1.62 bits per heavy atom. The van der Waals surface area contributed by atoms with E-state index in [1.807, 2.05) is 0 Å². The molecule has 2 bridgehead atoms. The maximum Gasteiger partial charge on any atom is 0.0951 e. The summed E-state index contributed by atoms with van der Waals surface area (Å²) in [4.78, 5) is 2.54. The van der Waals surface area contributed by atoms with Crippen molar-refractivity contribution in [3.05, 3.63) is 0 Å². The summed E-state index contributed by atoms with van der Waals surface area (Å²) in [6.07, 6.45) is 5.13. The first-order valence-corrected chi connectivity index (χ1v) is 5.39. The van der Waals surface area contributed by atoms with Gasteiger partial charge in [0.1, 0.15) is 0 Å². The van der Waals surface area contributed by atoms with Gasteiger partial charge in [-0.1, -0.05) is 0 Å². The Kier molecular flexibility index (Phi) is 1.86. The van der Waals surface area contributed by atoms with E-state index < -0.39 is 0 Å². The van der Waals surface area contributed by atoms with Crippen molar-refractivity contribution in [2.75, 3.05) is 13.2 Å². The second-order valence-corrected chi connectivity index (χ2v) is 4.58. The van der Waals surface area contributed by atoms with Gasteiger partial charge < -0.3 is 9.84 Å². The van der Waals surface area contributed by atoms with Crippen molar-refractivity contribution in [3.63, 3.8) is 0 Å². The predicted octanol–water partition coefficient (Wildman–Crippen LogP) is 0.373. The SMILES string of the molecule is OC1COCC1N1C2CCC1CC2. The molecule has 0 amide bonds. The first kappa shape index (κ1) is 8.21. The Bertz CT molecular complexity index is 189. The smallest absolute Gasteiger partial charge is 0.0951 e. The molecule has 1 N–H and O–H groups in total. The quantitative estimate of drug-likeness (QED) is 0.637. The maximum absolute atomic E-state index is 9.75. The van der Waals surface area contributed by atoms with Gasteiger partial charge >= 0.3 is 0 Å². The zero-order chi connectivity index (χ0) is 8.84. The lowest BCUT2D eigenvalue weighted by Gasteiger charge is -2.29. The van der Waals surface area contributed by atoms with Crippen molar-refractivity contribution >= 4 is 0 Å². The summed E-state index contributed by atoms with van der Waals surface area (Å²) in [5.74, 6) is 0. The molecule has 3 heteroatoms. The number of aliphatic hydroxyl groups excluding tert-OH is 1. The lowest BCUT2D eigenvalue weighted by molar-refractivity contribution is 0.0720. The van der Waals surface area contributed by atoms with Crippen LogP contribution in [0.4, 0.5) is 0 Å². The highest BCUT2D eigenvalue weighted by molar-refractivity contribution is 5.00. The lowest BCUT2D eigenvalue weighted by Crippen LogP contribution is -2.45. The Hall–Kier alpha value is -0.120. The molecule has 3 fully saturated rings. The van der Waals surface area contributed by atoms with Crippen LogP contribution in [-0.2, 0) is 4.74 Å². The molecule has 3 rings (SSSR count). The summed E-state index contributed by atoms with van der Waals surface area (Å²) >= 11 is 0. The second kappa shape index (κ2) is 2.94. The van der Waals surface area contributed by atoms with Crippen LogP contribution < -0.4 is 0 Å². The number of hydrogen-bond acceptors (Lipinski definition) is 3. The van der Waals surface area contributed by atoms with E-state index in [0.717, 1.165) is 18.7 Å². The third-order valence-electron chi connectivity index (χ3n) is 3.91. The molecule has 3 nitrogen and oxygen atoms in total. The van der Waals surface area contributed by atoms with Gasteiger partial charge in [-0.15, -0.1) is 0 Å². The molecule has 2 unspecified atom stereocenters. The number of fused-ring (bicyclic) bond motifs is 2. The van der Waals surface area contributed by atoms with E-state index in [2.05, 4.69) is 4.90 Å². The normalized spacial score (nSPS) is 50.5. The molecule has 0 radical (unpaired) electrons. The van der Waals surface area contributed by atoms with Crippen LogP contribution >= 0.6 is 0 Å². The van der Waals surface area contributed by atoms with Gasteiger partial charge in [-0.05, 0) is 25.7 Å². The Morgan fingerprint density at radius 3 is 2.08 bits per heavy atom. The van der Waals surface area contributed by atoms with Crippen LogP contribution in [0.3, 0.4) is 0 Å². The molecule has 0 aromatic carbocycles. The summed E-state index contributed by atoms with van der Waals surface area (Å²) in [6.45, 7) is 1.29. The number of rotatable bonds is 1. The fourth-order valence-electron chi connectivity index (χ4n) is 3.31. The average molecular weight is 183 g/mol. The monoisotopic (exact) mass is 183 g/mol. The van der Waals surface area contributed by atoms with Crippen LogP contribution in [0.2, 0.25) is 0 Å². The second-order valence-electron chi connectivity index (χ2n) is 4.58. The molecule has 0 spiro atoms. The molecular weight excluding hydrogens is 166 g/mol. The van der Waals surface area contributed by atoms with Crippen LogP contribution in [0.1, 0.15) is 25.7 Å². The van der Waals surface area contributed by atoms with E-state index in [0.29, 0.717) is 12.6 Å². The molecule has 13 heavy (non-hydrogen) atoms. The van der Waals surface area contributed by atoms with E-state index in [1.165, 1.54) is 25.7 Å². The molecule has 0 saturated carbocycles. The van der Waals surface area contributed by atoms with Crippen LogP contribution in [0.15, 0.2) is 0 Å². The van der Waals surface area contributed by atoms with Gasteiger partial charge in [-0.3, -0.25) is 4.90 Å². The lowest BCUT2D eigenvalue weighted by atomic mass is 10.0. The average Bonchev–Trinajstić information content (AvgIpc) is 2.78. The molecular formula is C10H17NO2. The topological polar surface area (TPSA) is 32.7 Å². The molecule has 0 aliphatic carbocycles. The Balaban J connectivity index is 1.77. The van der Waals surface area contributed by atoms with Gasteiger partial charge in [0.15, 0.2) is 0 Å². The van der Waals surface area contributed by atoms with Gasteiger partial charge in [0, 0.05) is 12.1 Å². The molecule has 3 aliphatic rings. The van der Waals surface area contributed by atoms with Gasteiger partial charge in [0.25, 0.3) is 0 Å². The zero-order valence-corrected chi connectivity index (χ0v) is 7.85. The standard InChI is InChI=1S/C10H17NO2/c12-10-6-13-5-9(10)11-7-1-2-8(11)4-3-7/h7-10,12H,1-6H2. The fourth-order valence-corrected chi connectivity index (χ4v) is 3.31. The Morgan fingerprint density at radius 1 is 1.00 bits per heavy atom. The molecule has 3 aliphatic heterocycles. The number of aliphatic hydroxyl groups is 1. The Labute approximate surface area is 78.7 Å². The third kappa shape index (κ3) is 1.14. The summed E-state index contributed by atoms with van der Waals surface area (Å²) < 4.78 is 5.31. The van der Waals surface area contributed by atoms with Crippen LogP contribution in [0, 0.1) is 0 Å². The van der Waals surface area contributed by atoms with Crippen molar-refractivity contribution in [2.45, 2.75) is 49.9 Å². The minimum absolute atomic E-state index is 0.235. The van der Waals surface area contributed by atoms with Crippen molar-refractivity contribution in [3.8, 4) is 0 Å². The summed E-state index contributed by atoms with van der Waals surface area (Å²) in [5, 5.41) is 9.75. The predicted molar refractivity (Wildman–Crippen MR) is 48.5 cm³/mol. The molecule has 3 heterocycles. The highest BCUT2D eigenvalue weighted by Crippen LogP contribution is 2.40. The van der Waals surface area contributed by atoms with Crippen molar-refractivity contribution < 1.29 is 9.84 Å². The zero-order valence-electron chi connectivity index (χ0n) is 7.85. The molecule has 0 aromatic rings. The van der Waals surface area contributed by atoms with Crippen molar-refractivity contribution in [1.82, 2.24) is 4.90 Å². The third-order valence-corrected chi connectivity index (χ3v) is 3.91. The molecule has 2 atom stereocenters. The summed E-state index contributed by atoms with van der Waals surface area (Å²) in [6, 6.07) is 1.82. The molecule has 3 saturated heterocycles. The van der Waals surface area contributed by atoms with E-state index >= 15 is 0 Å². The van der Waals surface area contributed by atoms with Crippen molar-refractivity contribution in [2.24, 2.45) is 0 Å². The number of ether oxygens (including phenoxy) is 1. The van der Waals surface area contributed by atoms with Gasteiger partial charge in [0.05, 0.1) is 25.4 Å². The van der Waals surface area contributed by atoms with E-state index in [4.69, 9.17) is 4.74 Å². The fraction of sp³-hybridized carbons (Fsp3) is 1.00. The largest absolute Gasteiger partial charge is 0.389 e. The summed E-state index contributed by atoms with van der Waals surface area (Å²) in [7, 11) is 0. The minimum atomic E-state index is -0.235. The van der Waals surface area contributed by atoms with Crippen LogP contribution in [-0.4, -0.2) is 47.4 Å². The molecule has 74 valence electrons. The summed E-state index contributed by atoms with van der Waals surface area (Å²) in [5.41, 5.74) is 0.